The third-order valence-corrected chi connectivity index (χ3v) is 8.03. The van der Waals surface area contributed by atoms with E-state index in [9.17, 15) is 18.3 Å². The Morgan fingerprint density at radius 2 is 1.90 bits per heavy atom. The number of carbonyl (C=O) groups excluding carboxylic acids is 1. The zero-order chi connectivity index (χ0) is 28.2. The Bertz CT molecular complexity index is 1370. The first-order valence-electron chi connectivity index (χ1n) is 13.1. The molecule has 12 heteroatoms. The lowest BCUT2D eigenvalue weighted by Gasteiger charge is -2.31. The first-order valence-corrected chi connectivity index (χ1v) is 14.5. The number of nitrogens with one attached hydrogen (secondary N) is 2. The zero-order valence-corrected chi connectivity index (χ0v) is 23.3. The number of hydrogen-bond acceptors (Lipinski definition) is 8. The van der Waals surface area contributed by atoms with Crippen LogP contribution in [0.3, 0.4) is 0 Å². The number of hydroxylamine groups is 1. The summed E-state index contributed by atoms with van der Waals surface area (Å²) in [6.45, 7) is 4.81. The van der Waals surface area contributed by atoms with Crippen molar-refractivity contribution in [2.24, 2.45) is 0 Å². The van der Waals surface area contributed by atoms with Crippen LogP contribution in [-0.2, 0) is 26.0 Å². The molecule has 0 spiro atoms. The van der Waals surface area contributed by atoms with Crippen LogP contribution >= 0.6 is 0 Å². The summed E-state index contributed by atoms with van der Waals surface area (Å²) >= 11 is 0. The summed E-state index contributed by atoms with van der Waals surface area (Å²) in [5, 5.41) is 14.1. The molecular formula is C27H37N5O6S. The van der Waals surface area contributed by atoms with Gasteiger partial charge in [0.15, 0.2) is 5.95 Å². The van der Waals surface area contributed by atoms with Gasteiger partial charge in [-0.3, -0.25) is 4.84 Å². The number of imidazole rings is 1. The number of aromatic amines is 1. The Morgan fingerprint density at radius 1 is 1.21 bits per heavy atom. The van der Waals surface area contributed by atoms with Crippen LogP contribution in [0.4, 0.5) is 10.7 Å². The number of fused-ring (bicyclic) bond motifs is 1. The molecule has 1 fully saturated rings. The number of hydrogen-bond donors (Lipinski definition) is 4. The molecule has 1 saturated carbocycles. The predicted octanol–water partition coefficient (Wildman–Crippen LogP) is 3.51. The van der Waals surface area contributed by atoms with Gasteiger partial charge in [0.2, 0.25) is 0 Å². The number of rotatable bonds is 10. The Kier molecular flexibility index (Phi) is 8.80. The van der Waals surface area contributed by atoms with E-state index in [0.29, 0.717) is 23.9 Å². The summed E-state index contributed by atoms with van der Waals surface area (Å²) in [6.07, 6.45) is 1.19. The van der Waals surface area contributed by atoms with Crippen LogP contribution in [0.1, 0.15) is 52.0 Å². The molecule has 1 aliphatic rings. The van der Waals surface area contributed by atoms with Gasteiger partial charge in [-0.05, 0) is 63.8 Å². The van der Waals surface area contributed by atoms with Gasteiger partial charge in [0, 0.05) is 0 Å². The summed E-state index contributed by atoms with van der Waals surface area (Å²) in [5.74, 6) is 0.172. The number of ether oxygens (including phenoxy) is 1. The zero-order valence-electron chi connectivity index (χ0n) is 22.5. The minimum atomic E-state index is -4.21. The first-order chi connectivity index (χ1) is 18.4. The molecule has 0 bridgehead atoms. The van der Waals surface area contributed by atoms with Crippen molar-refractivity contribution in [1.29, 1.82) is 0 Å². The predicted molar refractivity (Wildman–Crippen MR) is 147 cm³/mol. The second-order valence-electron chi connectivity index (χ2n) is 10.8. The minimum absolute atomic E-state index is 0.0384. The van der Waals surface area contributed by atoms with E-state index in [-0.39, 0.29) is 23.4 Å². The number of amides is 1. The summed E-state index contributed by atoms with van der Waals surface area (Å²) in [5.41, 5.74) is 6.82. The minimum Gasteiger partial charge on any atom is -0.444 e. The second kappa shape index (κ2) is 11.9. The van der Waals surface area contributed by atoms with E-state index < -0.39 is 40.4 Å². The van der Waals surface area contributed by atoms with Crippen molar-refractivity contribution in [3.63, 3.8) is 0 Å². The molecule has 1 aliphatic carbocycles. The van der Waals surface area contributed by atoms with E-state index in [4.69, 9.17) is 15.3 Å². The highest BCUT2D eigenvalue weighted by Gasteiger charge is 2.35. The van der Waals surface area contributed by atoms with Crippen molar-refractivity contribution in [2.45, 2.75) is 81.6 Å². The molecule has 1 heterocycles. The van der Waals surface area contributed by atoms with Gasteiger partial charge in [0.1, 0.15) is 5.60 Å². The fourth-order valence-corrected chi connectivity index (χ4v) is 5.86. The number of nitrogens with zero attached hydrogens (tertiary/aromatic N) is 2. The van der Waals surface area contributed by atoms with Gasteiger partial charge in [-0.2, -0.15) is 0 Å². The molecule has 39 heavy (non-hydrogen) atoms. The molecule has 2 aromatic carbocycles. The fourth-order valence-electron chi connectivity index (χ4n) is 4.53. The SMILES string of the molecule is CC(C)(C)OC(=O)N[C@@H](Cc1ccccc1)[C@H](O)CN(OC1CCCC1)S(=O)(=O)c1ccc2nc(N)[nH]c2c1. The molecule has 11 nitrogen and oxygen atoms in total. The van der Waals surface area contributed by atoms with Gasteiger partial charge in [-0.25, -0.2) is 18.2 Å². The van der Waals surface area contributed by atoms with Crippen molar-refractivity contribution in [2.75, 3.05) is 12.3 Å². The van der Waals surface area contributed by atoms with Gasteiger partial charge >= 0.3 is 6.09 Å². The average molecular weight is 560 g/mol. The number of alkyl carbamates (subject to hydrolysis) is 1. The number of H-pyrrole nitrogens is 1. The summed E-state index contributed by atoms with van der Waals surface area (Å²) in [4.78, 5) is 25.6. The molecule has 1 aromatic heterocycles. The van der Waals surface area contributed by atoms with E-state index in [1.165, 1.54) is 12.1 Å². The van der Waals surface area contributed by atoms with E-state index >= 15 is 0 Å². The molecule has 0 saturated heterocycles. The largest absolute Gasteiger partial charge is 0.444 e. The number of anilines is 1. The monoisotopic (exact) mass is 559 g/mol. The highest BCUT2D eigenvalue weighted by Crippen LogP contribution is 2.27. The lowest BCUT2D eigenvalue weighted by Crippen LogP contribution is -2.51. The highest BCUT2D eigenvalue weighted by atomic mass is 32.2. The van der Waals surface area contributed by atoms with Gasteiger partial charge < -0.3 is 25.9 Å². The third-order valence-electron chi connectivity index (χ3n) is 6.41. The van der Waals surface area contributed by atoms with Crippen molar-refractivity contribution >= 4 is 33.1 Å². The Balaban J connectivity index is 1.61. The lowest BCUT2D eigenvalue weighted by atomic mass is 10.0. The number of nitrogen functional groups attached to an aromatic ring is 1. The second-order valence-corrected chi connectivity index (χ2v) is 12.6. The number of aliphatic hydroxyl groups is 1. The van der Waals surface area contributed by atoms with E-state index in [1.807, 2.05) is 30.3 Å². The molecule has 212 valence electrons. The molecule has 2 atom stereocenters. The Hall–Kier alpha value is -3.19. The van der Waals surface area contributed by atoms with Gasteiger partial charge in [-0.1, -0.05) is 47.6 Å². The third kappa shape index (κ3) is 7.69. The van der Waals surface area contributed by atoms with Gasteiger partial charge in [-0.15, -0.1) is 0 Å². The molecule has 4 rings (SSSR count). The van der Waals surface area contributed by atoms with Crippen molar-refractivity contribution in [3.05, 3.63) is 54.1 Å². The molecule has 3 aromatic rings. The van der Waals surface area contributed by atoms with Crippen LogP contribution in [-0.4, -0.2) is 64.4 Å². The Morgan fingerprint density at radius 3 is 2.56 bits per heavy atom. The number of carbonyl (C=O) groups is 1. The summed E-state index contributed by atoms with van der Waals surface area (Å²) < 4.78 is 33.9. The van der Waals surface area contributed by atoms with Crippen LogP contribution < -0.4 is 11.1 Å². The molecule has 5 N–H and O–H groups in total. The maximum absolute atomic E-state index is 13.8. The molecular weight excluding hydrogens is 522 g/mol. The number of nitrogens with two attached hydrogens (primary N) is 1. The maximum atomic E-state index is 13.8. The van der Waals surface area contributed by atoms with Crippen LogP contribution in [0.15, 0.2) is 53.4 Å². The summed E-state index contributed by atoms with van der Waals surface area (Å²) in [6, 6.07) is 12.9. The molecule has 0 aliphatic heterocycles. The average Bonchev–Trinajstić information content (AvgIpc) is 3.50. The van der Waals surface area contributed by atoms with E-state index in [1.54, 1.807) is 26.8 Å². The highest BCUT2D eigenvalue weighted by molar-refractivity contribution is 7.89. The maximum Gasteiger partial charge on any atom is 0.407 e. The smallest absolute Gasteiger partial charge is 0.407 e. The normalized spacial score (nSPS) is 16.4. The number of sulfonamides is 1. The summed E-state index contributed by atoms with van der Waals surface area (Å²) in [7, 11) is -4.21. The Labute approximate surface area is 228 Å². The topological polar surface area (TPSA) is 160 Å². The van der Waals surface area contributed by atoms with Crippen LogP contribution in [0.5, 0.6) is 0 Å². The van der Waals surface area contributed by atoms with Crippen LogP contribution in [0.2, 0.25) is 0 Å². The standard InChI is InChI=1S/C27H37N5O6S/c1-27(2,3)37-26(34)31-23(15-18-9-5-4-6-10-18)24(33)17-32(38-19-11-7-8-12-19)39(35,36)20-13-14-21-22(16-20)30-25(28)29-21/h4-6,9-10,13-14,16,19,23-24,33H,7-8,11-12,15,17H2,1-3H3,(H,31,34)(H3,28,29,30)/t23-,24+/m0/s1. The van der Waals surface area contributed by atoms with Gasteiger partial charge in [0.25, 0.3) is 10.0 Å². The van der Waals surface area contributed by atoms with E-state index in [0.717, 1.165) is 22.9 Å². The van der Waals surface area contributed by atoms with Crippen LogP contribution in [0, 0.1) is 0 Å². The lowest BCUT2D eigenvalue weighted by molar-refractivity contribution is -0.145. The van der Waals surface area contributed by atoms with Crippen molar-refractivity contribution < 1.29 is 27.9 Å². The number of benzene rings is 2. The molecule has 0 radical (unpaired) electrons. The quantitative estimate of drug-likeness (QED) is 0.275. The molecule has 0 unspecified atom stereocenters. The van der Waals surface area contributed by atoms with Gasteiger partial charge in [0.05, 0.1) is 40.7 Å². The number of aliphatic hydroxyl groups excluding tert-OH is 1. The van der Waals surface area contributed by atoms with Crippen molar-refractivity contribution in [3.8, 4) is 0 Å². The van der Waals surface area contributed by atoms with Crippen molar-refractivity contribution in [1.82, 2.24) is 19.8 Å². The molecule has 1 amide bonds. The van der Waals surface area contributed by atoms with Crippen LogP contribution in [0.25, 0.3) is 11.0 Å². The number of aromatic nitrogens is 2. The fraction of sp³-hybridized carbons (Fsp3) is 0.481. The van der Waals surface area contributed by atoms with E-state index in [2.05, 4.69) is 15.3 Å². The first kappa shape index (κ1) is 28.8.